The summed E-state index contributed by atoms with van der Waals surface area (Å²) in [6.07, 6.45) is 1.79. The van der Waals surface area contributed by atoms with Gasteiger partial charge in [-0.2, -0.15) is 0 Å². The van der Waals surface area contributed by atoms with Gasteiger partial charge in [-0.05, 0) is 30.6 Å². The molecule has 10 heteroatoms. The Balaban J connectivity index is 1.36. The molecule has 4 rings (SSSR count). The predicted molar refractivity (Wildman–Crippen MR) is 93.7 cm³/mol. The summed E-state index contributed by atoms with van der Waals surface area (Å²) < 4.78 is 26.1. The average molecular weight is 386 g/mol. The van der Waals surface area contributed by atoms with E-state index in [1.807, 2.05) is 18.2 Å². The van der Waals surface area contributed by atoms with Crippen molar-refractivity contribution in [1.82, 2.24) is 20.6 Å². The maximum atomic E-state index is 11.8. The van der Waals surface area contributed by atoms with Crippen LogP contribution in [0.25, 0.3) is 11.4 Å². The van der Waals surface area contributed by atoms with Crippen molar-refractivity contribution in [2.75, 3.05) is 13.2 Å². The van der Waals surface area contributed by atoms with E-state index >= 15 is 0 Å². The number of nitrogens with one attached hydrogen (secondary N) is 1. The molecule has 0 saturated carbocycles. The molecule has 1 saturated heterocycles. The fourth-order valence-electron chi connectivity index (χ4n) is 2.71. The molecule has 28 heavy (non-hydrogen) atoms. The number of pyridine rings is 1. The van der Waals surface area contributed by atoms with Crippen molar-refractivity contribution in [2.45, 2.75) is 26.0 Å². The van der Waals surface area contributed by atoms with Crippen LogP contribution in [0.2, 0.25) is 0 Å². The van der Waals surface area contributed by atoms with Gasteiger partial charge in [-0.25, -0.2) is 4.79 Å². The quantitative estimate of drug-likeness (QED) is 0.681. The van der Waals surface area contributed by atoms with Gasteiger partial charge in [0.1, 0.15) is 18.1 Å². The number of aryl methyl sites for hydroxylation is 1. The van der Waals surface area contributed by atoms with E-state index in [-0.39, 0.29) is 24.5 Å². The predicted octanol–water partition coefficient (Wildman–Crippen LogP) is 2.49. The molecule has 1 N–H and O–H groups in total. The molecule has 0 radical (unpaired) electrons. The minimum absolute atomic E-state index is 0.0623. The lowest BCUT2D eigenvalue weighted by molar-refractivity contribution is 0.166. The monoisotopic (exact) mass is 386 g/mol. The van der Waals surface area contributed by atoms with E-state index in [0.717, 1.165) is 12.0 Å². The Kier molecular flexibility index (Phi) is 5.20. The lowest BCUT2D eigenvalue weighted by Crippen LogP contribution is -2.36. The largest absolute Gasteiger partial charge is 0.470 e. The Bertz CT molecular complexity index is 933. The smallest absolute Gasteiger partial charge is 0.415 e. The van der Waals surface area contributed by atoms with E-state index in [2.05, 4.69) is 20.6 Å². The SMILES string of the molecule is Cc1onc(-c2ccccn2)c1COc1cc(OC(=O)NC2CCOC2)on1. The Morgan fingerprint density at radius 2 is 2.25 bits per heavy atom. The zero-order valence-electron chi connectivity index (χ0n) is 15.1. The van der Waals surface area contributed by atoms with Crippen molar-refractivity contribution < 1.29 is 28.1 Å². The van der Waals surface area contributed by atoms with Gasteiger partial charge in [0, 0.05) is 12.8 Å². The van der Waals surface area contributed by atoms with Gasteiger partial charge in [0.25, 0.3) is 5.88 Å². The highest BCUT2D eigenvalue weighted by Crippen LogP contribution is 2.26. The summed E-state index contributed by atoms with van der Waals surface area (Å²) in [5, 5.41) is 10.5. The van der Waals surface area contributed by atoms with Crippen LogP contribution in [-0.4, -0.2) is 40.6 Å². The first-order chi connectivity index (χ1) is 13.7. The molecule has 1 aliphatic rings. The van der Waals surface area contributed by atoms with Crippen LogP contribution in [0.1, 0.15) is 17.7 Å². The van der Waals surface area contributed by atoms with E-state index < -0.39 is 6.09 Å². The Labute approximate surface area is 159 Å². The van der Waals surface area contributed by atoms with Crippen molar-refractivity contribution in [2.24, 2.45) is 0 Å². The number of carbonyl (C=O) groups is 1. The topological polar surface area (TPSA) is 122 Å². The van der Waals surface area contributed by atoms with Crippen LogP contribution < -0.4 is 14.8 Å². The highest BCUT2D eigenvalue weighted by molar-refractivity contribution is 5.70. The summed E-state index contributed by atoms with van der Waals surface area (Å²) in [5.41, 5.74) is 2.01. The van der Waals surface area contributed by atoms with Crippen molar-refractivity contribution in [1.29, 1.82) is 0 Å². The molecule has 1 amide bonds. The second-order valence-electron chi connectivity index (χ2n) is 6.15. The van der Waals surface area contributed by atoms with Crippen molar-refractivity contribution in [3.05, 3.63) is 41.8 Å². The van der Waals surface area contributed by atoms with Crippen molar-refractivity contribution >= 4 is 6.09 Å². The summed E-state index contributed by atoms with van der Waals surface area (Å²) in [5.74, 6) is 0.705. The Morgan fingerprint density at radius 3 is 3.04 bits per heavy atom. The second kappa shape index (κ2) is 8.09. The number of hydrogen-bond acceptors (Lipinski definition) is 9. The zero-order chi connectivity index (χ0) is 19.3. The zero-order valence-corrected chi connectivity index (χ0v) is 15.1. The minimum Gasteiger partial charge on any atom is -0.470 e. The fraction of sp³-hybridized carbons (Fsp3) is 0.333. The van der Waals surface area contributed by atoms with Crippen LogP contribution in [0.5, 0.6) is 11.8 Å². The molecule has 1 unspecified atom stereocenters. The molecule has 1 fully saturated rings. The van der Waals surface area contributed by atoms with E-state index in [0.29, 0.717) is 30.4 Å². The molecule has 1 atom stereocenters. The average Bonchev–Trinajstić information content (AvgIpc) is 3.43. The molecular formula is C18H18N4O6. The molecule has 0 bridgehead atoms. The maximum Gasteiger partial charge on any atom is 0.415 e. The third kappa shape index (κ3) is 4.12. The lowest BCUT2D eigenvalue weighted by atomic mass is 10.1. The molecule has 3 aromatic heterocycles. The van der Waals surface area contributed by atoms with Gasteiger partial charge in [0.15, 0.2) is 0 Å². The van der Waals surface area contributed by atoms with Gasteiger partial charge in [0.2, 0.25) is 0 Å². The fourth-order valence-corrected chi connectivity index (χ4v) is 2.71. The van der Waals surface area contributed by atoms with Crippen LogP contribution in [0.4, 0.5) is 4.79 Å². The molecule has 146 valence electrons. The van der Waals surface area contributed by atoms with Crippen LogP contribution in [0.15, 0.2) is 39.5 Å². The van der Waals surface area contributed by atoms with Crippen LogP contribution in [0.3, 0.4) is 0 Å². The van der Waals surface area contributed by atoms with E-state index in [9.17, 15) is 4.79 Å². The number of nitrogens with zero attached hydrogens (tertiary/aromatic N) is 3. The number of amides is 1. The van der Waals surface area contributed by atoms with Crippen LogP contribution in [0, 0.1) is 6.92 Å². The lowest BCUT2D eigenvalue weighted by Gasteiger charge is -2.08. The van der Waals surface area contributed by atoms with Crippen LogP contribution >= 0.6 is 0 Å². The van der Waals surface area contributed by atoms with Gasteiger partial charge < -0.3 is 28.6 Å². The Hall–Kier alpha value is -3.40. The third-order valence-corrected chi connectivity index (χ3v) is 4.17. The number of ether oxygens (including phenoxy) is 3. The van der Waals surface area contributed by atoms with Gasteiger partial charge in [-0.1, -0.05) is 11.2 Å². The highest BCUT2D eigenvalue weighted by Gasteiger charge is 2.21. The Morgan fingerprint density at radius 1 is 1.32 bits per heavy atom. The van der Waals surface area contributed by atoms with Crippen molar-refractivity contribution in [3.8, 4) is 23.2 Å². The molecule has 10 nitrogen and oxygen atoms in total. The van der Waals surface area contributed by atoms with Crippen LogP contribution in [-0.2, 0) is 11.3 Å². The molecule has 4 heterocycles. The first-order valence-electron chi connectivity index (χ1n) is 8.71. The second-order valence-corrected chi connectivity index (χ2v) is 6.15. The van der Waals surface area contributed by atoms with Gasteiger partial charge >= 0.3 is 12.0 Å². The molecule has 3 aromatic rings. The summed E-state index contributed by atoms with van der Waals surface area (Å²) in [7, 11) is 0. The molecule has 1 aliphatic heterocycles. The summed E-state index contributed by atoms with van der Waals surface area (Å²) in [6.45, 7) is 3.01. The number of aromatic nitrogens is 3. The first-order valence-corrected chi connectivity index (χ1v) is 8.71. The van der Waals surface area contributed by atoms with E-state index in [1.165, 1.54) is 6.07 Å². The number of hydrogen-bond donors (Lipinski definition) is 1. The van der Waals surface area contributed by atoms with Gasteiger partial charge in [-0.3, -0.25) is 4.98 Å². The molecule has 0 aromatic carbocycles. The number of rotatable bonds is 6. The molecule has 0 aliphatic carbocycles. The first kappa shape index (κ1) is 18.0. The van der Waals surface area contributed by atoms with E-state index in [4.69, 9.17) is 23.3 Å². The third-order valence-electron chi connectivity index (χ3n) is 4.17. The molecular weight excluding hydrogens is 368 g/mol. The maximum absolute atomic E-state index is 11.8. The van der Waals surface area contributed by atoms with Gasteiger partial charge in [0.05, 0.1) is 30.0 Å². The van der Waals surface area contributed by atoms with E-state index in [1.54, 1.807) is 13.1 Å². The summed E-state index contributed by atoms with van der Waals surface area (Å²) >= 11 is 0. The molecule has 0 spiro atoms. The summed E-state index contributed by atoms with van der Waals surface area (Å²) in [6, 6.07) is 6.83. The van der Waals surface area contributed by atoms with Gasteiger partial charge in [-0.15, -0.1) is 0 Å². The minimum atomic E-state index is -0.634. The van der Waals surface area contributed by atoms with Crippen molar-refractivity contribution in [3.63, 3.8) is 0 Å². The summed E-state index contributed by atoms with van der Waals surface area (Å²) in [4.78, 5) is 16.1. The standard InChI is InChI=1S/C18H18N4O6/c1-11-13(17(22-27-11)14-4-2-3-6-19-14)10-25-15-8-16(28-21-15)26-18(23)20-12-5-7-24-9-12/h2-4,6,8,12H,5,7,9-10H2,1H3,(H,20,23). The normalized spacial score (nSPS) is 16.1. The highest BCUT2D eigenvalue weighted by atomic mass is 16.7. The number of carbonyl (C=O) groups excluding carboxylic acids is 1.